The van der Waals surface area contributed by atoms with Gasteiger partial charge >= 0.3 is 0 Å². The molecule has 1 fully saturated rings. The first-order chi connectivity index (χ1) is 7.74. The minimum absolute atomic E-state index is 0.0139. The number of hydrogen-bond donors (Lipinski definition) is 2. The smallest absolute Gasteiger partial charge is 0.241 e. The molecule has 0 saturated carbocycles. The Bertz CT molecular complexity index is 359. The lowest BCUT2D eigenvalue weighted by Gasteiger charge is -2.22. The summed E-state index contributed by atoms with van der Waals surface area (Å²) < 4.78 is 1.56. The number of thioether (sulfide) groups is 1. The predicted octanol–water partition coefficient (Wildman–Crippen LogP) is 0.477. The first-order valence-electron chi connectivity index (χ1n) is 5.40. The zero-order valence-corrected chi connectivity index (χ0v) is 9.87. The minimum Gasteiger partial charge on any atom is -0.382 e. The highest BCUT2D eigenvalue weighted by molar-refractivity contribution is 7.99. The van der Waals surface area contributed by atoms with Crippen molar-refractivity contribution in [2.75, 3.05) is 17.2 Å². The molecule has 1 aliphatic rings. The van der Waals surface area contributed by atoms with E-state index in [4.69, 9.17) is 5.73 Å². The van der Waals surface area contributed by atoms with Crippen LogP contribution < -0.4 is 11.1 Å². The number of aromatic nitrogens is 2. The Morgan fingerprint density at radius 2 is 2.38 bits per heavy atom. The Labute approximate surface area is 98.8 Å². The second-order valence-corrected chi connectivity index (χ2v) is 5.12. The molecule has 1 aromatic rings. The third-order valence-corrected chi connectivity index (χ3v) is 3.60. The van der Waals surface area contributed by atoms with Crippen LogP contribution in [0.15, 0.2) is 12.3 Å². The number of anilines is 1. The highest BCUT2D eigenvalue weighted by Gasteiger charge is 2.15. The van der Waals surface area contributed by atoms with Gasteiger partial charge in [0.2, 0.25) is 5.91 Å². The van der Waals surface area contributed by atoms with E-state index in [1.807, 2.05) is 11.8 Å². The summed E-state index contributed by atoms with van der Waals surface area (Å²) in [5.74, 6) is 2.74. The first-order valence-corrected chi connectivity index (χ1v) is 6.55. The molecule has 1 saturated heterocycles. The monoisotopic (exact) mass is 240 g/mol. The first kappa shape index (κ1) is 11.3. The van der Waals surface area contributed by atoms with Crippen molar-refractivity contribution in [3.63, 3.8) is 0 Å². The molecule has 2 heterocycles. The Morgan fingerprint density at radius 1 is 1.62 bits per heavy atom. The lowest BCUT2D eigenvalue weighted by Crippen LogP contribution is -2.39. The van der Waals surface area contributed by atoms with Crippen LogP contribution in [0.1, 0.15) is 12.8 Å². The average Bonchev–Trinajstić information content (AvgIpc) is 2.65. The molecule has 6 heteroatoms. The summed E-state index contributed by atoms with van der Waals surface area (Å²) in [5.41, 5.74) is 5.47. The highest BCUT2D eigenvalue weighted by atomic mass is 32.2. The van der Waals surface area contributed by atoms with Gasteiger partial charge in [-0.25, -0.2) is 0 Å². The summed E-state index contributed by atoms with van der Waals surface area (Å²) in [5, 5.41) is 7.00. The Morgan fingerprint density at radius 3 is 3.00 bits per heavy atom. The van der Waals surface area contributed by atoms with Gasteiger partial charge < -0.3 is 11.1 Å². The largest absolute Gasteiger partial charge is 0.382 e. The summed E-state index contributed by atoms with van der Waals surface area (Å²) in [7, 11) is 0. The summed E-state index contributed by atoms with van der Waals surface area (Å²) in [6.45, 7) is 0.251. The van der Waals surface area contributed by atoms with Crippen LogP contribution in [0.3, 0.4) is 0 Å². The maximum Gasteiger partial charge on any atom is 0.241 e. The minimum atomic E-state index is 0.0139. The van der Waals surface area contributed by atoms with Gasteiger partial charge in [-0.05, 0) is 30.4 Å². The fourth-order valence-corrected chi connectivity index (χ4v) is 2.83. The average molecular weight is 240 g/mol. The van der Waals surface area contributed by atoms with Crippen molar-refractivity contribution < 1.29 is 4.79 Å². The predicted molar refractivity (Wildman–Crippen MR) is 65.1 cm³/mol. The van der Waals surface area contributed by atoms with Crippen LogP contribution in [0.4, 0.5) is 5.82 Å². The molecule has 2 rings (SSSR count). The highest BCUT2D eigenvalue weighted by Crippen LogP contribution is 2.16. The number of nitrogens with zero attached hydrogens (tertiary/aromatic N) is 2. The van der Waals surface area contributed by atoms with Gasteiger partial charge in [-0.3, -0.25) is 9.48 Å². The van der Waals surface area contributed by atoms with Gasteiger partial charge in [0.15, 0.2) is 0 Å². The van der Waals surface area contributed by atoms with Crippen molar-refractivity contribution in [3.05, 3.63) is 12.3 Å². The van der Waals surface area contributed by atoms with Gasteiger partial charge in [0.25, 0.3) is 0 Å². The molecule has 1 amide bonds. The van der Waals surface area contributed by atoms with Crippen LogP contribution in [0, 0.1) is 0 Å². The van der Waals surface area contributed by atoms with Crippen molar-refractivity contribution in [2.45, 2.75) is 25.4 Å². The van der Waals surface area contributed by atoms with Crippen LogP contribution >= 0.6 is 11.8 Å². The fraction of sp³-hybridized carbons (Fsp3) is 0.600. The third-order valence-electron chi connectivity index (χ3n) is 2.55. The number of hydrogen-bond acceptors (Lipinski definition) is 4. The van der Waals surface area contributed by atoms with Gasteiger partial charge in [0, 0.05) is 12.2 Å². The Kier molecular flexibility index (Phi) is 3.71. The summed E-state index contributed by atoms with van der Waals surface area (Å²) >= 11 is 1.95. The summed E-state index contributed by atoms with van der Waals surface area (Å²) in [4.78, 5) is 11.7. The maximum atomic E-state index is 11.7. The molecule has 3 N–H and O–H groups in total. The number of rotatable bonds is 3. The van der Waals surface area contributed by atoms with Crippen molar-refractivity contribution in [2.24, 2.45) is 0 Å². The van der Waals surface area contributed by atoms with Crippen LogP contribution in [-0.4, -0.2) is 33.2 Å². The number of carbonyl (C=O) groups excluding carboxylic acids is 1. The van der Waals surface area contributed by atoms with Crippen LogP contribution in [-0.2, 0) is 11.3 Å². The molecule has 0 aromatic carbocycles. The van der Waals surface area contributed by atoms with Crippen LogP contribution in [0.2, 0.25) is 0 Å². The standard InChI is InChI=1S/C10H16N4OS/c11-9-1-4-14(13-9)7-10(15)12-8-2-5-16-6-3-8/h1,4,8H,2-3,5-7H2,(H2,11,13)(H,12,15). The third kappa shape index (κ3) is 3.16. The number of nitrogens with two attached hydrogens (primary N) is 1. The molecule has 1 aromatic heterocycles. The molecule has 0 unspecified atom stereocenters. The molecular weight excluding hydrogens is 224 g/mol. The van der Waals surface area contributed by atoms with Gasteiger partial charge in [0.1, 0.15) is 12.4 Å². The number of nitrogen functional groups attached to an aromatic ring is 1. The molecule has 5 nitrogen and oxygen atoms in total. The molecule has 0 atom stereocenters. The van der Waals surface area contributed by atoms with Crippen molar-refractivity contribution >= 4 is 23.5 Å². The number of amides is 1. The van der Waals surface area contributed by atoms with Crippen molar-refractivity contribution in [1.29, 1.82) is 0 Å². The molecular formula is C10H16N4OS. The molecule has 16 heavy (non-hydrogen) atoms. The van der Waals surface area contributed by atoms with E-state index in [1.165, 1.54) is 0 Å². The molecule has 88 valence electrons. The summed E-state index contributed by atoms with van der Waals surface area (Å²) in [6.07, 6.45) is 3.85. The van der Waals surface area contributed by atoms with Crippen LogP contribution in [0.5, 0.6) is 0 Å². The zero-order valence-electron chi connectivity index (χ0n) is 9.06. The fourth-order valence-electron chi connectivity index (χ4n) is 1.73. The Hall–Kier alpha value is -1.17. The van der Waals surface area contributed by atoms with Crippen molar-refractivity contribution in [3.8, 4) is 0 Å². The molecule has 0 spiro atoms. The van der Waals surface area contributed by atoms with E-state index in [0.29, 0.717) is 11.9 Å². The van der Waals surface area contributed by atoms with E-state index in [1.54, 1.807) is 16.9 Å². The van der Waals surface area contributed by atoms with E-state index in [-0.39, 0.29) is 12.5 Å². The quantitative estimate of drug-likeness (QED) is 0.806. The van der Waals surface area contributed by atoms with E-state index >= 15 is 0 Å². The van der Waals surface area contributed by atoms with E-state index in [9.17, 15) is 4.79 Å². The summed E-state index contributed by atoms with van der Waals surface area (Å²) in [6, 6.07) is 2.02. The lowest BCUT2D eigenvalue weighted by atomic mass is 10.1. The second kappa shape index (κ2) is 5.25. The van der Waals surface area contributed by atoms with Gasteiger partial charge in [0.05, 0.1) is 0 Å². The van der Waals surface area contributed by atoms with Crippen molar-refractivity contribution in [1.82, 2.24) is 15.1 Å². The molecule has 1 aliphatic heterocycles. The maximum absolute atomic E-state index is 11.7. The van der Waals surface area contributed by atoms with Gasteiger partial charge in [-0.2, -0.15) is 16.9 Å². The lowest BCUT2D eigenvalue weighted by molar-refractivity contribution is -0.122. The molecule has 0 bridgehead atoms. The topological polar surface area (TPSA) is 72.9 Å². The number of carbonyl (C=O) groups is 1. The normalized spacial score (nSPS) is 17.2. The van der Waals surface area contributed by atoms with E-state index in [2.05, 4.69) is 10.4 Å². The Balaban J connectivity index is 1.79. The van der Waals surface area contributed by atoms with E-state index in [0.717, 1.165) is 24.3 Å². The SMILES string of the molecule is Nc1ccn(CC(=O)NC2CCSCC2)n1. The zero-order chi connectivity index (χ0) is 11.4. The molecule has 0 radical (unpaired) electrons. The number of nitrogens with one attached hydrogen (secondary N) is 1. The molecule has 0 aliphatic carbocycles. The second-order valence-electron chi connectivity index (χ2n) is 3.89. The van der Waals surface area contributed by atoms with Gasteiger partial charge in [-0.15, -0.1) is 0 Å². The van der Waals surface area contributed by atoms with Gasteiger partial charge in [-0.1, -0.05) is 0 Å². The van der Waals surface area contributed by atoms with Crippen LogP contribution in [0.25, 0.3) is 0 Å². The van der Waals surface area contributed by atoms with E-state index < -0.39 is 0 Å².